The van der Waals surface area contributed by atoms with Crippen LogP contribution >= 0.6 is 22.6 Å². The summed E-state index contributed by atoms with van der Waals surface area (Å²) in [6.45, 7) is 0. The molecule has 0 radical (unpaired) electrons. The van der Waals surface area contributed by atoms with Crippen LogP contribution in [0.25, 0.3) is 0 Å². The highest BCUT2D eigenvalue weighted by molar-refractivity contribution is 14.1. The lowest BCUT2D eigenvalue weighted by atomic mass is 9.51. The van der Waals surface area contributed by atoms with Crippen molar-refractivity contribution >= 4 is 28.4 Å². The predicted octanol–water partition coefficient (Wildman–Crippen LogP) is 4.48. The first-order valence-corrected chi connectivity index (χ1v) is 9.04. The average molecular weight is 380 g/mol. The highest BCUT2D eigenvalue weighted by Gasteiger charge is 2.50. The minimum Gasteiger partial charge on any atom is -0.299 e. The smallest absolute Gasteiger partial charge is 0.140 e. The van der Waals surface area contributed by atoms with Crippen molar-refractivity contribution in [1.29, 1.82) is 0 Å². The molecule has 4 aliphatic rings. The van der Waals surface area contributed by atoms with Gasteiger partial charge in [0.05, 0.1) is 0 Å². The normalized spacial score (nSPS) is 38.1. The van der Waals surface area contributed by atoms with Gasteiger partial charge in [0.2, 0.25) is 0 Å². The lowest BCUT2D eigenvalue weighted by Gasteiger charge is -2.53. The molecule has 5 rings (SSSR count). The van der Waals surface area contributed by atoms with Gasteiger partial charge in [-0.25, -0.2) is 0 Å². The summed E-state index contributed by atoms with van der Waals surface area (Å²) >= 11 is 2.32. The summed E-state index contributed by atoms with van der Waals surface area (Å²) in [5.41, 5.74) is 1.20. The minimum absolute atomic E-state index is 0.391. The third-order valence-electron chi connectivity index (χ3n) is 5.89. The van der Waals surface area contributed by atoms with E-state index in [2.05, 4.69) is 46.9 Å². The van der Waals surface area contributed by atoms with E-state index in [1.165, 1.54) is 41.2 Å². The lowest BCUT2D eigenvalue weighted by molar-refractivity contribution is -0.135. The van der Waals surface area contributed by atoms with Crippen LogP contribution in [0.3, 0.4) is 0 Å². The molecule has 0 spiro atoms. The fraction of sp³-hybridized carbons (Fsp3) is 0.611. The van der Waals surface area contributed by atoms with Crippen LogP contribution in [0.4, 0.5) is 0 Å². The molecule has 1 nitrogen and oxygen atoms in total. The Hall–Kier alpha value is -0.380. The number of carbonyl (C=O) groups is 1. The molecule has 4 bridgehead atoms. The molecular weight excluding hydrogens is 359 g/mol. The molecule has 0 aromatic heterocycles. The maximum absolute atomic E-state index is 12.8. The van der Waals surface area contributed by atoms with Crippen LogP contribution in [-0.2, 0) is 11.2 Å². The van der Waals surface area contributed by atoms with Gasteiger partial charge >= 0.3 is 0 Å². The summed E-state index contributed by atoms with van der Waals surface area (Å²) in [7, 11) is 0. The zero-order chi connectivity index (χ0) is 13.7. The summed E-state index contributed by atoms with van der Waals surface area (Å²) in [6.07, 6.45) is 7.49. The highest BCUT2D eigenvalue weighted by atomic mass is 127. The number of carbonyl (C=O) groups excluding carboxylic acids is 1. The Labute approximate surface area is 134 Å². The van der Waals surface area contributed by atoms with Gasteiger partial charge in [-0.1, -0.05) is 12.1 Å². The Kier molecular flexibility index (Phi) is 3.40. The van der Waals surface area contributed by atoms with E-state index in [1.54, 1.807) is 0 Å². The zero-order valence-corrected chi connectivity index (χ0v) is 13.9. The van der Waals surface area contributed by atoms with E-state index in [-0.39, 0.29) is 0 Å². The van der Waals surface area contributed by atoms with Crippen LogP contribution in [0.2, 0.25) is 0 Å². The van der Waals surface area contributed by atoms with Gasteiger partial charge in [0.25, 0.3) is 0 Å². The van der Waals surface area contributed by atoms with Gasteiger partial charge in [0, 0.05) is 15.9 Å². The second kappa shape index (κ2) is 5.11. The molecule has 2 heteroatoms. The summed E-state index contributed by atoms with van der Waals surface area (Å²) in [5, 5.41) is 0. The van der Waals surface area contributed by atoms with Gasteiger partial charge in [-0.15, -0.1) is 0 Å². The molecule has 0 N–H and O–H groups in total. The number of hydrogen-bond donors (Lipinski definition) is 0. The Morgan fingerprint density at radius 2 is 1.50 bits per heavy atom. The van der Waals surface area contributed by atoms with Crippen LogP contribution in [0, 0.1) is 33.2 Å². The molecule has 4 saturated carbocycles. The molecule has 1 aromatic carbocycles. The van der Waals surface area contributed by atoms with Crippen molar-refractivity contribution in [2.45, 2.75) is 38.5 Å². The second-order valence-corrected chi connectivity index (χ2v) is 8.47. The maximum atomic E-state index is 12.8. The van der Waals surface area contributed by atoms with Gasteiger partial charge in [-0.05, 0) is 96.1 Å². The van der Waals surface area contributed by atoms with E-state index in [9.17, 15) is 4.79 Å². The van der Waals surface area contributed by atoms with E-state index in [0.29, 0.717) is 18.1 Å². The number of Topliss-reactive ketones (excluding diaryl/α,β-unsaturated/α-hetero) is 1. The van der Waals surface area contributed by atoms with Crippen molar-refractivity contribution < 1.29 is 4.79 Å². The third kappa shape index (κ3) is 2.34. The number of hydrogen-bond acceptors (Lipinski definition) is 1. The molecule has 4 aliphatic carbocycles. The molecule has 106 valence electrons. The quantitative estimate of drug-likeness (QED) is 0.707. The number of halogens is 1. The van der Waals surface area contributed by atoms with Crippen LogP contribution < -0.4 is 0 Å². The number of rotatable bonds is 3. The van der Waals surface area contributed by atoms with Crippen LogP contribution in [0.15, 0.2) is 24.3 Å². The van der Waals surface area contributed by atoms with Crippen molar-refractivity contribution in [2.24, 2.45) is 29.6 Å². The van der Waals surface area contributed by atoms with E-state index in [4.69, 9.17) is 0 Å². The Morgan fingerprint density at radius 3 is 2.05 bits per heavy atom. The average Bonchev–Trinajstić information content (AvgIpc) is 2.40. The highest BCUT2D eigenvalue weighted by Crippen LogP contribution is 2.56. The van der Waals surface area contributed by atoms with E-state index >= 15 is 0 Å². The van der Waals surface area contributed by atoms with Crippen LogP contribution in [-0.4, -0.2) is 5.78 Å². The first-order chi connectivity index (χ1) is 9.69. The molecule has 0 unspecified atom stereocenters. The van der Waals surface area contributed by atoms with Gasteiger partial charge in [0.1, 0.15) is 5.78 Å². The predicted molar refractivity (Wildman–Crippen MR) is 88.4 cm³/mol. The Balaban J connectivity index is 1.50. The fourth-order valence-electron chi connectivity index (χ4n) is 5.37. The van der Waals surface area contributed by atoms with E-state index in [0.717, 1.165) is 23.7 Å². The SMILES string of the molecule is O=C(Cc1ccc(I)cc1)C1C2CC3CC(C2)CC1C3. The van der Waals surface area contributed by atoms with Crippen LogP contribution in [0.5, 0.6) is 0 Å². The number of benzene rings is 1. The molecule has 0 atom stereocenters. The molecule has 0 heterocycles. The summed E-state index contributed by atoms with van der Waals surface area (Å²) in [6, 6.07) is 8.46. The van der Waals surface area contributed by atoms with Crippen LogP contribution in [0.1, 0.15) is 37.7 Å². The van der Waals surface area contributed by atoms with E-state index < -0.39 is 0 Å². The Bertz CT molecular complexity index is 491. The van der Waals surface area contributed by atoms with E-state index in [1.807, 2.05) is 0 Å². The molecule has 1 aromatic rings. The number of ketones is 1. The first kappa shape index (κ1) is 13.3. The largest absolute Gasteiger partial charge is 0.299 e. The fourth-order valence-corrected chi connectivity index (χ4v) is 5.73. The van der Waals surface area contributed by atoms with Crippen molar-refractivity contribution in [3.05, 3.63) is 33.4 Å². The standard InChI is InChI=1S/C18H21IO/c19-16-3-1-11(2-4-16)10-17(20)18-14-6-12-5-13(8-14)9-15(18)7-12/h1-4,12-15,18H,5-10H2. The summed E-state index contributed by atoms with van der Waals surface area (Å²) in [4.78, 5) is 12.8. The van der Waals surface area contributed by atoms with Crippen molar-refractivity contribution in [3.8, 4) is 0 Å². The lowest BCUT2D eigenvalue weighted by Crippen LogP contribution is -2.48. The third-order valence-corrected chi connectivity index (χ3v) is 6.61. The van der Waals surface area contributed by atoms with Gasteiger partial charge in [0.15, 0.2) is 0 Å². The zero-order valence-electron chi connectivity index (χ0n) is 11.7. The molecular formula is C18H21IO. The maximum Gasteiger partial charge on any atom is 0.140 e. The van der Waals surface area contributed by atoms with Crippen molar-refractivity contribution in [3.63, 3.8) is 0 Å². The molecule has 0 saturated heterocycles. The minimum atomic E-state index is 0.391. The van der Waals surface area contributed by atoms with Gasteiger partial charge in [-0.3, -0.25) is 4.79 Å². The van der Waals surface area contributed by atoms with Crippen molar-refractivity contribution in [1.82, 2.24) is 0 Å². The molecule has 20 heavy (non-hydrogen) atoms. The Morgan fingerprint density at radius 1 is 0.950 bits per heavy atom. The summed E-state index contributed by atoms with van der Waals surface area (Å²) in [5.74, 6) is 4.28. The first-order valence-electron chi connectivity index (χ1n) is 7.96. The van der Waals surface area contributed by atoms with Crippen molar-refractivity contribution in [2.75, 3.05) is 0 Å². The molecule has 4 fully saturated rings. The van der Waals surface area contributed by atoms with Gasteiger partial charge in [-0.2, -0.15) is 0 Å². The molecule has 0 amide bonds. The monoisotopic (exact) mass is 380 g/mol. The van der Waals surface area contributed by atoms with Gasteiger partial charge < -0.3 is 0 Å². The molecule has 0 aliphatic heterocycles. The second-order valence-electron chi connectivity index (χ2n) is 7.23. The summed E-state index contributed by atoms with van der Waals surface area (Å²) < 4.78 is 1.24. The topological polar surface area (TPSA) is 17.1 Å².